The average Bonchev–Trinajstić information content (AvgIpc) is 2.61. The van der Waals surface area contributed by atoms with Crippen molar-refractivity contribution in [3.63, 3.8) is 0 Å². The molecule has 7 nitrogen and oxygen atoms in total. The Labute approximate surface area is 138 Å². The van der Waals surface area contributed by atoms with Crippen LogP contribution < -0.4 is 16.5 Å². The molecule has 0 aliphatic carbocycles. The van der Waals surface area contributed by atoms with Gasteiger partial charge in [0.1, 0.15) is 5.49 Å². The normalized spacial score (nSPS) is 10.3. The van der Waals surface area contributed by atoms with Crippen LogP contribution in [0.5, 0.6) is 0 Å². The van der Waals surface area contributed by atoms with Crippen molar-refractivity contribution < 1.29 is 4.79 Å². The summed E-state index contributed by atoms with van der Waals surface area (Å²) in [7, 11) is 0. The standard InChI is InChI=1S/C17H16N6O/c18-15-9-14(13-7-4-8-20-11-13)22-16(19)23(15)17(24)21-10-12-5-2-1-3-6-12/h1-9,11,18H,10H2,(H2,19,22)(H,21,24). The summed E-state index contributed by atoms with van der Waals surface area (Å²) in [6.45, 7) is 0.343. The Bertz CT molecular complexity index is 905. The molecule has 3 aromatic rings. The maximum atomic E-state index is 12.3. The van der Waals surface area contributed by atoms with E-state index >= 15 is 0 Å². The molecule has 2 aromatic heterocycles. The molecule has 0 saturated heterocycles. The van der Waals surface area contributed by atoms with E-state index in [4.69, 9.17) is 11.1 Å². The van der Waals surface area contributed by atoms with Crippen LogP contribution in [0.1, 0.15) is 5.56 Å². The maximum absolute atomic E-state index is 12.3. The second kappa shape index (κ2) is 6.74. The number of pyridine rings is 1. The topological polar surface area (TPSA) is 110 Å². The van der Waals surface area contributed by atoms with Crippen molar-refractivity contribution in [2.24, 2.45) is 0 Å². The lowest BCUT2D eigenvalue weighted by Gasteiger charge is -2.11. The Morgan fingerprint density at radius 3 is 2.67 bits per heavy atom. The first-order valence-corrected chi connectivity index (χ1v) is 7.32. The minimum Gasteiger partial charge on any atom is -0.369 e. The van der Waals surface area contributed by atoms with E-state index in [0.29, 0.717) is 12.2 Å². The number of benzene rings is 1. The number of hydrogen-bond acceptors (Lipinski definition) is 5. The van der Waals surface area contributed by atoms with Crippen molar-refractivity contribution in [1.82, 2.24) is 19.9 Å². The average molecular weight is 320 g/mol. The molecule has 0 bridgehead atoms. The summed E-state index contributed by atoms with van der Waals surface area (Å²) >= 11 is 0. The van der Waals surface area contributed by atoms with E-state index < -0.39 is 6.03 Å². The Morgan fingerprint density at radius 2 is 2.00 bits per heavy atom. The fourth-order valence-electron chi connectivity index (χ4n) is 2.25. The van der Waals surface area contributed by atoms with Crippen molar-refractivity contribution in [2.75, 3.05) is 5.73 Å². The number of nitrogens with one attached hydrogen (secondary N) is 2. The number of nitrogens with two attached hydrogens (primary N) is 1. The molecule has 0 fully saturated rings. The fourth-order valence-corrected chi connectivity index (χ4v) is 2.25. The number of nitrogens with zero attached hydrogens (tertiary/aromatic N) is 3. The van der Waals surface area contributed by atoms with Gasteiger partial charge in [0.25, 0.3) is 0 Å². The number of hydrogen-bond donors (Lipinski definition) is 3. The van der Waals surface area contributed by atoms with E-state index in [2.05, 4.69) is 15.3 Å². The number of rotatable bonds is 3. The third kappa shape index (κ3) is 3.30. The van der Waals surface area contributed by atoms with Crippen LogP contribution in [0.15, 0.2) is 60.9 Å². The minimum atomic E-state index is -0.494. The molecule has 0 saturated carbocycles. The van der Waals surface area contributed by atoms with E-state index in [1.165, 1.54) is 6.07 Å². The van der Waals surface area contributed by atoms with Gasteiger partial charge in [-0.05, 0) is 17.7 Å². The predicted octanol–water partition coefficient (Wildman–Crippen LogP) is 1.76. The zero-order valence-corrected chi connectivity index (χ0v) is 12.8. The number of anilines is 1. The molecule has 4 N–H and O–H groups in total. The molecule has 2 heterocycles. The summed E-state index contributed by atoms with van der Waals surface area (Å²) in [4.78, 5) is 20.5. The van der Waals surface area contributed by atoms with Gasteiger partial charge in [0.2, 0.25) is 5.95 Å². The summed E-state index contributed by atoms with van der Waals surface area (Å²) in [6.07, 6.45) is 3.27. The number of carbonyl (C=O) groups excluding carboxylic acids is 1. The fraction of sp³-hybridized carbons (Fsp3) is 0.0588. The van der Waals surface area contributed by atoms with Gasteiger partial charge in [0.05, 0.1) is 5.69 Å². The molecular formula is C17H16N6O. The second-order valence-electron chi connectivity index (χ2n) is 5.11. The van der Waals surface area contributed by atoms with E-state index in [1.54, 1.807) is 18.5 Å². The molecule has 1 aromatic carbocycles. The highest BCUT2D eigenvalue weighted by Gasteiger charge is 2.12. The van der Waals surface area contributed by atoms with Gasteiger partial charge < -0.3 is 11.1 Å². The Balaban J connectivity index is 1.83. The van der Waals surface area contributed by atoms with Crippen LogP contribution in [-0.2, 0) is 6.54 Å². The number of carbonyl (C=O) groups is 1. The highest BCUT2D eigenvalue weighted by atomic mass is 16.2. The molecule has 0 aliphatic rings. The van der Waals surface area contributed by atoms with Crippen molar-refractivity contribution in [3.05, 3.63) is 72.0 Å². The molecule has 0 unspecified atom stereocenters. The van der Waals surface area contributed by atoms with Crippen LogP contribution in [0.4, 0.5) is 10.7 Å². The SMILES string of the molecule is N=c1cc(-c2cccnc2)nc(N)n1C(=O)NCc1ccccc1. The van der Waals surface area contributed by atoms with Crippen molar-refractivity contribution in [2.45, 2.75) is 6.54 Å². The van der Waals surface area contributed by atoms with Gasteiger partial charge in [-0.3, -0.25) is 10.4 Å². The summed E-state index contributed by atoms with van der Waals surface area (Å²) in [5, 5.41) is 10.8. The smallest absolute Gasteiger partial charge is 0.330 e. The first-order valence-electron chi connectivity index (χ1n) is 7.32. The molecule has 1 amide bonds. The van der Waals surface area contributed by atoms with E-state index in [1.807, 2.05) is 36.4 Å². The molecular weight excluding hydrogens is 304 g/mol. The molecule has 3 rings (SSSR count). The first-order chi connectivity index (χ1) is 11.6. The van der Waals surface area contributed by atoms with Gasteiger partial charge in [-0.15, -0.1) is 0 Å². The lowest BCUT2D eigenvalue weighted by molar-refractivity contribution is 0.241. The summed E-state index contributed by atoms with van der Waals surface area (Å²) in [5.74, 6) is -0.0492. The maximum Gasteiger partial charge on any atom is 0.330 e. The second-order valence-corrected chi connectivity index (χ2v) is 5.11. The number of amides is 1. The van der Waals surface area contributed by atoms with Crippen LogP contribution >= 0.6 is 0 Å². The van der Waals surface area contributed by atoms with Gasteiger partial charge >= 0.3 is 6.03 Å². The molecule has 0 radical (unpaired) electrons. The monoisotopic (exact) mass is 320 g/mol. The Morgan fingerprint density at radius 1 is 1.21 bits per heavy atom. The Kier molecular flexibility index (Phi) is 4.33. The summed E-state index contributed by atoms with van der Waals surface area (Å²) < 4.78 is 1.03. The third-order valence-corrected chi connectivity index (χ3v) is 3.43. The number of nitrogen functional groups attached to an aromatic ring is 1. The van der Waals surface area contributed by atoms with E-state index in [9.17, 15) is 4.79 Å². The zero-order valence-electron chi connectivity index (χ0n) is 12.8. The van der Waals surface area contributed by atoms with Gasteiger partial charge in [0.15, 0.2) is 0 Å². The van der Waals surface area contributed by atoms with Crippen LogP contribution in [-0.4, -0.2) is 20.6 Å². The lowest BCUT2D eigenvalue weighted by Crippen LogP contribution is -2.37. The largest absolute Gasteiger partial charge is 0.369 e. The first kappa shape index (κ1) is 15.4. The van der Waals surface area contributed by atoms with Gasteiger partial charge in [-0.25, -0.2) is 14.3 Å². The van der Waals surface area contributed by atoms with Crippen LogP contribution in [0.2, 0.25) is 0 Å². The predicted molar refractivity (Wildman–Crippen MR) is 89.8 cm³/mol. The molecule has 0 spiro atoms. The summed E-state index contributed by atoms with van der Waals surface area (Å²) in [5.41, 5.74) is 8.01. The van der Waals surface area contributed by atoms with Crippen molar-refractivity contribution in [3.8, 4) is 11.3 Å². The van der Waals surface area contributed by atoms with Crippen molar-refractivity contribution in [1.29, 1.82) is 5.41 Å². The van der Waals surface area contributed by atoms with Crippen LogP contribution in [0.3, 0.4) is 0 Å². The van der Waals surface area contributed by atoms with E-state index in [-0.39, 0.29) is 11.4 Å². The summed E-state index contributed by atoms with van der Waals surface area (Å²) in [6, 6.07) is 14.1. The van der Waals surface area contributed by atoms with Gasteiger partial charge in [0, 0.05) is 30.6 Å². The third-order valence-electron chi connectivity index (χ3n) is 3.43. The lowest BCUT2D eigenvalue weighted by atomic mass is 10.2. The van der Waals surface area contributed by atoms with Gasteiger partial charge in [-0.2, -0.15) is 0 Å². The van der Waals surface area contributed by atoms with E-state index in [0.717, 1.165) is 15.7 Å². The molecule has 120 valence electrons. The molecule has 0 atom stereocenters. The van der Waals surface area contributed by atoms with Crippen LogP contribution in [0, 0.1) is 5.41 Å². The van der Waals surface area contributed by atoms with Crippen molar-refractivity contribution >= 4 is 12.0 Å². The quantitative estimate of drug-likeness (QED) is 0.683. The molecule has 7 heteroatoms. The molecule has 24 heavy (non-hydrogen) atoms. The van der Waals surface area contributed by atoms with Gasteiger partial charge in [-0.1, -0.05) is 30.3 Å². The Hall–Kier alpha value is -3.48. The van der Waals surface area contributed by atoms with Crippen LogP contribution in [0.25, 0.3) is 11.3 Å². The molecule has 0 aliphatic heterocycles. The zero-order chi connectivity index (χ0) is 16.9. The number of aromatic nitrogens is 3. The minimum absolute atomic E-state index is 0.0492. The highest BCUT2D eigenvalue weighted by Crippen LogP contribution is 2.14. The highest BCUT2D eigenvalue weighted by molar-refractivity contribution is 5.79.